The van der Waals surface area contributed by atoms with Crippen molar-refractivity contribution in [3.05, 3.63) is 53.6 Å². The molecule has 2 rings (SSSR count). The molecule has 2 aromatic carbocycles. The SMILES string of the molecule is COC(=O)c1ccc(OC(C)C)c(NC(=O)Cc2ccc(N)cc2)c1. The molecule has 0 aromatic heterocycles. The Morgan fingerprint density at radius 2 is 1.80 bits per heavy atom. The first kappa shape index (κ1) is 18.3. The minimum atomic E-state index is -0.481. The van der Waals surface area contributed by atoms with Crippen molar-refractivity contribution in [2.45, 2.75) is 26.4 Å². The van der Waals surface area contributed by atoms with Crippen LogP contribution in [0.4, 0.5) is 11.4 Å². The molecule has 0 aliphatic heterocycles. The first-order chi connectivity index (χ1) is 11.9. The second-order valence-electron chi connectivity index (χ2n) is 5.84. The zero-order valence-electron chi connectivity index (χ0n) is 14.5. The van der Waals surface area contributed by atoms with Crippen LogP contribution in [0.5, 0.6) is 5.75 Å². The summed E-state index contributed by atoms with van der Waals surface area (Å²) in [7, 11) is 1.31. The zero-order valence-corrected chi connectivity index (χ0v) is 14.5. The van der Waals surface area contributed by atoms with Gasteiger partial charge in [0.1, 0.15) is 5.75 Å². The Bertz CT molecular complexity index is 755. The largest absolute Gasteiger partial charge is 0.489 e. The van der Waals surface area contributed by atoms with Gasteiger partial charge in [0.25, 0.3) is 0 Å². The summed E-state index contributed by atoms with van der Waals surface area (Å²) in [5.41, 5.74) is 7.88. The molecule has 1 amide bonds. The predicted molar refractivity (Wildman–Crippen MR) is 96.7 cm³/mol. The quantitative estimate of drug-likeness (QED) is 0.622. The van der Waals surface area contributed by atoms with Gasteiger partial charge in [0.2, 0.25) is 5.91 Å². The van der Waals surface area contributed by atoms with Crippen LogP contribution in [0.3, 0.4) is 0 Å². The number of carbonyl (C=O) groups is 2. The molecule has 0 atom stereocenters. The van der Waals surface area contributed by atoms with Gasteiger partial charge in [0, 0.05) is 5.69 Å². The minimum absolute atomic E-state index is 0.0725. The van der Waals surface area contributed by atoms with Crippen molar-refractivity contribution in [2.24, 2.45) is 0 Å². The van der Waals surface area contributed by atoms with Crippen molar-refractivity contribution in [3.8, 4) is 5.75 Å². The van der Waals surface area contributed by atoms with E-state index in [1.807, 2.05) is 13.8 Å². The standard InChI is InChI=1S/C19H22N2O4/c1-12(2)25-17-9-6-14(19(23)24-3)11-16(17)21-18(22)10-13-4-7-15(20)8-5-13/h4-9,11-12H,10,20H2,1-3H3,(H,21,22). The third-order valence-electron chi connectivity index (χ3n) is 3.38. The Morgan fingerprint density at radius 1 is 1.12 bits per heavy atom. The van der Waals surface area contributed by atoms with Crippen molar-refractivity contribution in [1.82, 2.24) is 0 Å². The first-order valence-corrected chi connectivity index (χ1v) is 7.92. The lowest BCUT2D eigenvalue weighted by Gasteiger charge is -2.16. The number of nitrogen functional groups attached to an aromatic ring is 1. The van der Waals surface area contributed by atoms with Gasteiger partial charge in [-0.3, -0.25) is 4.79 Å². The van der Waals surface area contributed by atoms with E-state index in [0.717, 1.165) is 5.56 Å². The van der Waals surface area contributed by atoms with Crippen molar-refractivity contribution >= 4 is 23.3 Å². The second kappa shape index (κ2) is 8.19. The number of carbonyl (C=O) groups excluding carboxylic acids is 2. The zero-order chi connectivity index (χ0) is 18.4. The Kier molecular flexibility index (Phi) is 6.00. The number of hydrogen-bond donors (Lipinski definition) is 2. The van der Waals surface area contributed by atoms with Gasteiger partial charge in [-0.1, -0.05) is 12.1 Å². The lowest BCUT2D eigenvalue weighted by atomic mass is 10.1. The normalized spacial score (nSPS) is 10.4. The number of amides is 1. The molecule has 0 radical (unpaired) electrons. The number of hydrogen-bond acceptors (Lipinski definition) is 5. The van der Waals surface area contributed by atoms with Crippen LogP contribution in [0.1, 0.15) is 29.8 Å². The fourth-order valence-electron chi connectivity index (χ4n) is 2.24. The molecule has 0 saturated carbocycles. The number of benzene rings is 2. The molecule has 0 aliphatic rings. The van der Waals surface area contributed by atoms with Crippen molar-refractivity contribution in [1.29, 1.82) is 0 Å². The van der Waals surface area contributed by atoms with Crippen LogP contribution in [0.15, 0.2) is 42.5 Å². The number of nitrogens with two attached hydrogens (primary N) is 1. The summed E-state index contributed by atoms with van der Waals surface area (Å²) < 4.78 is 10.4. The lowest BCUT2D eigenvalue weighted by Crippen LogP contribution is -2.17. The van der Waals surface area contributed by atoms with Gasteiger partial charge in [-0.05, 0) is 49.7 Å². The molecular formula is C19H22N2O4. The van der Waals surface area contributed by atoms with Crippen LogP contribution < -0.4 is 15.8 Å². The summed E-state index contributed by atoms with van der Waals surface area (Å²) in [6, 6.07) is 11.9. The average molecular weight is 342 g/mol. The maximum atomic E-state index is 12.3. The van der Waals surface area contributed by atoms with Crippen LogP contribution in [0.2, 0.25) is 0 Å². The van der Waals surface area contributed by atoms with E-state index in [2.05, 4.69) is 5.32 Å². The van der Waals surface area contributed by atoms with Crippen LogP contribution >= 0.6 is 0 Å². The molecule has 25 heavy (non-hydrogen) atoms. The van der Waals surface area contributed by atoms with Gasteiger partial charge in [-0.15, -0.1) is 0 Å². The van der Waals surface area contributed by atoms with Gasteiger partial charge in [-0.25, -0.2) is 4.79 Å². The Hall–Kier alpha value is -3.02. The molecule has 3 N–H and O–H groups in total. The van der Waals surface area contributed by atoms with E-state index in [9.17, 15) is 9.59 Å². The first-order valence-electron chi connectivity index (χ1n) is 7.92. The molecule has 6 heteroatoms. The molecule has 0 fully saturated rings. The molecule has 2 aromatic rings. The number of methoxy groups -OCH3 is 1. The molecule has 132 valence electrons. The summed E-state index contributed by atoms with van der Waals surface area (Å²) in [5.74, 6) is -0.209. The fraction of sp³-hybridized carbons (Fsp3) is 0.263. The van der Waals surface area contributed by atoms with Crippen molar-refractivity contribution in [2.75, 3.05) is 18.2 Å². The van der Waals surface area contributed by atoms with E-state index in [0.29, 0.717) is 22.7 Å². The van der Waals surface area contributed by atoms with Gasteiger partial charge in [-0.2, -0.15) is 0 Å². The monoisotopic (exact) mass is 342 g/mol. The molecule has 0 heterocycles. The maximum absolute atomic E-state index is 12.3. The lowest BCUT2D eigenvalue weighted by molar-refractivity contribution is -0.115. The molecule has 0 aliphatic carbocycles. The highest BCUT2D eigenvalue weighted by atomic mass is 16.5. The summed E-state index contributed by atoms with van der Waals surface area (Å²) >= 11 is 0. The molecule has 0 saturated heterocycles. The van der Waals surface area contributed by atoms with E-state index in [1.54, 1.807) is 42.5 Å². The number of esters is 1. The Balaban J connectivity index is 2.20. The number of nitrogens with one attached hydrogen (secondary N) is 1. The average Bonchev–Trinajstić information content (AvgIpc) is 2.57. The van der Waals surface area contributed by atoms with E-state index >= 15 is 0 Å². The molecular weight excluding hydrogens is 320 g/mol. The summed E-state index contributed by atoms with van der Waals surface area (Å²) in [6.45, 7) is 3.77. The predicted octanol–water partition coefficient (Wildman–Crippen LogP) is 3.02. The summed E-state index contributed by atoms with van der Waals surface area (Å²) in [6.07, 6.45) is 0.112. The highest BCUT2D eigenvalue weighted by Gasteiger charge is 2.14. The van der Waals surface area contributed by atoms with E-state index in [-0.39, 0.29) is 18.4 Å². The van der Waals surface area contributed by atoms with Crippen LogP contribution in [0.25, 0.3) is 0 Å². The third-order valence-corrected chi connectivity index (χ3v) is 3.38. The minimum Gasteiger partial charge on any atom is -0.489 e. The van der Waals surface area contributed by atoms with Gasteiger partial charge in [0.15, 0.2) is 0 Å². The maximum Gasteiger partial charge on any atom is 0.337 e. The summed E-state index contributed by atoms with van der Waals surface area (Å²) in [5, 5.41) is 2.80. The molecule has 6 nitrogen and oxygen atoms in total. The second-order valence-corrected chi connectivity index (χ2v) is 5.84. The highest BCUT2D eigenvalue weighted by molar-refractivity contribution is 5.96. The van der Waals surface area contributed by atoms with Crippen LogP contribution in [-0.4, -0.2) is 25.1 Å². The van der Waals surface area contributed by atoms with Gasteiger partial charge >= 0.3 is 5.97 Å². The Morgan fingerprint density at radius 3 is 2.40 bits per heavy atom. The van der Waals surface area contributed by atoms with E-state index < -0.39 is 5.97 Å². The van der Waals surface area contributed by atoms with Crippen molar-refractivity contribution < 1.29 is 19.1 Å². The molecule has 0 unspecified atom stereocenters. The third kappa shape index (κ3) is 5.24. The number of anilines is 2. The highest BCUT2D eigenvalue weighted by Crippen LogP contribution is 2.27. The van der Waals surface area contributed by atoms with Gasteiger partial charge < -0.3 is 20.5 Å². The van der Waals surface area contributed by atoms with E-state index in [4.69, 9.17) is 15.2 Å². The van der Waals surface area contributed by atoms with Crippen LogP contribution in [-0.2, 0) is 16.0 Å². The van der Waals surface area contributed by atoms with Crippen LogP contribution in [0, 0.1) is 0 Å². The number of rotatable bonds is 6. The van der Waals surface area contributed by atoms with Gasteiger partial charge in [0.05, 0.1) is 30.9 Å². The fourth-order valence-corrected chi connectivity index (χ4v) is 2.24. The Labute approximate surface area is 146 Å². The molecule has 0 bridgehead atoms. The number of ether oxygens (including phenoxy) is 2. The smallest absolute Gasteiger partial charge is 0.337 e. The summed E-state index contributed by atoms with van der Waals surface area (Å²) in [4.78, 5) is 24.1. The van der Waals surface area contributed by atoms with Crippen molar-refractivity contribution in [3.63, 3.8) is 0 Å². The molecule has 0 spiro atoms. The van der Waals surface area contributed by atoms with E-state index in [1.165, 1.54) is 7.11 Å². The topological polar surface area (TPSA) is 90.6 Å².